The van der Waals surface area contributed by atoms with E-state index in [0.29, 0.717) is 0 Å². The van der Waals surface area contributed by atoms with Crippen LogP contribution >= 0.6 is 11.6 Å². The Morgan fingerprint density at radius 3 is 2.32 bits per heavy atom. The van der Waals surface area contributed by atoms with Crippen molar-refractivity contribution < 1.29 is 9.59 Å². The van der Waals surface area contributed by atoms with E-state index in [-0.39, 0.29) is 11.8 Å². The van der Waals surface area contributed by atoms with E-state index in [1.807, 2.05) is 32.0 Å². The molecule has 2 amide bonds. The Balaban J connectivity index is 2.18. The van der Waals surface area contributed by atoms with Crippen molar-refractivity contribution in [3.63, 3.8) is 0 Å². The van der Waals surface area contributed by atoms with Crippen LogP contribution in [0, 0.1) is 5.92 Å². The maximum absolute atomic E-state index is 12.9. The van der Waals surface area contributed by atoms with Crippen LogP contribution in [0.4, 0.5) is 5.69 Å². The number of amides is 2. The molecule has 1 aromatic carbocycles. The molecule has 114 valence electrons. The lowest BCUT2D eigenvalue weighted by Crippen LogP contribution is -2.37. The van der Waals surface area contributed by atoms with Crippen LogP contribution in [0.5, 0.6) is 0 Å². The van der Waals surface area contributed by atoms with Gasteiger partial charge in [0.1, 0.15) is 0 Å². The Bertz CT molecular complexity index is 685. The SMILES string of the molecule is CCc1cccc(CC)c1N1C(=O)C2C=CC=CC2(Cl)C1=O. The predicted octanol–water partition coefficient (Wildman–Crippen LogP) is 3.40. The minimum Gasteiger partial charge on any atom is -0.273 e. The number of hydrogen-bond donors (Lipinski definition) is 0. The normalized spacial score (nSPS) is 26.7. The van der Waals surface area contributed by atoms with Crippen molar-refractivity contribution in [1.82, 2.24) is 0 Å². The summed E-state index contributed by atoms with van der Waals surface area (Å²) in [5, 5.41) is 0. The average Bonchev–Trinajstić information content (AvgIpc) is 2.74. The number of imide groups is 1. The van der Waals surface area contributed by atoms with E-state index in [1.165, 1.54) is 4.90 Å². The minimum atomic E-state index is -1.28. The molecule has 1 saturated heterocycles. The summed E-state index contributed by atoms with van der Waals surface area (Å²) < 4.78 is 0. The zero-order valence-electron chi connectivity index (χ0n) is 12.7. The lowest BCUT2D eigenvalue weighted by molar-refractivity contribution is -0.122. The number of hydrogen-bond acceptors (Lipinski definition) is 2. The van der Waals surface area contributed by atoms with Crippen molar-refractivity contribution in [2.24, 2.45) is 5.92 Å². The molecule has 1 aliphatic carbocycles. The Hall–Kier alpha value is -1.87. The largest absolute Gasteiger partial charge is 0.273 e. The Labute approximate surface area is 135 Å². The third-order valence-corrected chi connectivity index (χ3v) is 4.93. The fraction of sp³-hybridized carbons (Fsp3) is 0.333. The summed E-state index contributed by atoms with van der Waals surface area (Å²) >= 11 is 6.50. The predicted molar refractivity (Wildman–Crippen MR) is 88.0 cm³/mol. The van der Waals surface area contributed by atoms with Gasteiger partial charge in [-0.15, -0.1) is 11.6 Å². The molecular weight excluding hydrogens is 298 g/mol. The Morgan fingerprint density at radius 1 is 1.14 bits per heavy atom. The van der Waals surface area contributed by atoms with E-state index in [4.69, 9.17) is 11.6 Å². The zero-order valence-corrected chi connectivity index (χ0v) is 13.4. The van der Waals surface area contributed by atoms with Crippen LogP contribution in [-0.4, -0.2) is 16.7 Å². The molecule has 1 fully saturated rings. The van der Waals surface area contributed by atoms with Gasteiger partial charge in [-0.3, -0.25) is 9.59 Å². The Morgan fingerprint density at radius 2 is 1.77 bits per heavy atom. The number of para-hydroxylation sites is 1. The zero-order chi connectivity index (χ0) is 15.9. The summed E-state index contributed by atoms with van der Waals surface area (Å²) in [5.74, 6) is -1.21. The van der Waals surface area contributed by atoms with Gasteiger partial charge in [-0.1, -0.05) is 56.4 Å². The molecule has 4 heteroatoms. The molecule has 0 saturated carbocycles. The number of halogens is 1. The maximum atomic E-state index is 12.9. The first-order valence-electron chi connectivity index (χ1n) is 7.58. The maximum Gasteiger partial charge on any atom is 0.260 e. The molecule has 2 atom stereocenters. The number of nitrogens with zero attached hydrogens (tertiary/aromatic N) is 1. The molecule has 1 aromatic rings. The fourth-order valence-electron chi connectivity index (χ4n) is 3.21. The molecule has 3 nitrogen and oxygen atoms in total. The van der Waals surface area contributed by atoms with Crippen LogP contribution in [0.2, 0.25) is 0 Å². The highest BCUT2D eigenvalue weighted by Crippen LogP contribution is 2.44. The molecule has 2 aliphatic rings. The fourth-order valence-corrected chi connectivity index (χ4v) is 3.53. The summed E-state index contributed by atoms with van der Waals surface area (Å²) in [6, 6.07) is 5.89. The van der Waals surface area contributed by atoms with E-state index in [1.54, 1.807) is 24.3 Å². The topological polar surface area (TPSA) is 37.4 Å². The van der Waals surface area contributed by atoms with E-state index in [0.717, 1.165) is 29.7 Å². The summed E-state index contributed by atoms with van der Waals surface area (Å²) in [7, 11) is 0. The molecule has 0 bridgehead atoms. The van der Waals surface area contributed by atoms with Gasteiger partial charge in [-0.25, -0.2) is 4.90 Å². The van der Waals surface area contributed by atoms with Crippen LogP contribution in [0.1, 0.15) is 25.0 Å². The molecular formula is C18H18ClNO2. The van der Waals surface area contributed by atoms with Gasteiger partial charge in [0, 0.05) is 0 Å². The highest BCUT2D eigenvalue weighted by molar-refractivity contribution is 6.47. The van der Waals surface area contributed by atoms with Crippen molar-refractivity contribution in [2.45, 2.75) is 31.6 Å². The van der Waals surface area contributed by atoms with Crippen molar-refractivity contribution in [2.75, 3.05) is 4.90 Å². The van der Waals surface area contributed by atoms with Gasteiger partial charge in [-0.2, -0.15) is 0 Å². The number of anilines is 1. The first-order chi connectivity index (χ1) is 10.5. The first kappa shape index (κ1) is 15.0. The van der Waals surface area contributed by atoms with Gasteiger partial charge in [0.05, 0.1) is 11.6 Å². The van der Waals surface area contributed by atoms with Gasteiger partial charge >= 0.3 is 0 Å². The number of benzene rings is 1. The Kier molecular flexibility index (Phi) is 3.69. The number of allylic oxidation sites excluding steroid dienone is 2. The van der Waals surface area contributed by atoms with E-state index in [2.05, 4.69) is 0 Å². The van der Waals surface area contributed by atoms with Crippen molar-refractivity contribution in [1.29, 1.82) is 0 Å². The highest BCUT2D eigenvalue weighted by atomic mass is 35.5. The molecule has 0 N–H and O–H groups in total. The van der Waals surface area contributed by atoms with Crippen LogP contribution in [0.3, 0.4) is 0 Å². The van der Waals surface area contributed by atoms with Crippen molar-refractivity contribution in [3.8, 4) is 0 Å². The molecule has 0 spiro atoms. The third kappa shape index (κ3) is 1.96. The standard InChI is InChI=1S/C18H18ClNO2/c1-3-12-8-7-9-13(4-2)15(12)20-16(21)14-10-5-6-11-18(14,19)17(20)22/h5-11,14H,3-4H2,1-2H3. The summed E-state index contributed by atoms with van der Waals surface area (Å²) in [6.07, 6.45) is 8.35. The monoisotopic (exact) mass is 315 g/mol. The van der Waals surface area contributed by atoms with Gasteiger partial charge in [0.2, 0.25) is 5.91 Å². The number of rotatable bonds is 3. The second-order valence-corrected chi connectivity index (χ2v) is 6.23. The number of aryl methyl sites for hydroxylation is 2. The summed E-state index contributed by atoms with van der Waals surface area (Å²) in [6.45, 7) is 4.04. The van der Waals surface area contributed by atoms with Crippen LogP contribution in [0.15, 0.2) is 42.5 Å². The van der Waals surface area contributed by atoms with E-state index < -0.39 is 10.8 Å². The summed E-state index contributed by atoms with van der Waals surface area (Å²) in [4.78, 5) is 25.7. The molecule has 1 aliphatic heterocycles. The smallest absolute Gasteiger partial charge is 0.260 e. The lowest BCUT2D eigenvalue weighted by Gasteiger charge is -2.23. The second kappa shape index (κ2) is 5.40. The highest BCUT2D eigenvalue weighted by Gasteiger charge is 2.57. The summed E-state index contributed by atoms with van der Waals surface area (Å²) in [5.41, 5.74) is 2.71. The number of carbonyl (C=O) groups is 2. The number of fused-ring (bicyclic) bond motifs is 1. The number of alkyl halides is 1. The molecule has 2 unspecified atom stereocenters. The van der Waals surface area contributed by atoms with Crippen LogP contribution < -0.4 is 4.90 Å². The molecule has 0 aromatic heterocycles. The average molecular weight is 316 g/mol. The van der Waals surface area contributed by atoms with Crippen LogP contribution in [-0.2, 0) is 22.4 Å². The van der Waals surface area contributed by atoms with Crippen LogP contribution in [0.25, 0.3) is 0 Å². The lowest BCUT2D eigenvalue weighted by atomic mass is 9.90. The molecule has 3 rings (SSSR count). The first-order valence-corrected chi connectivity index (χ1v) is 7.96. The second-order valence-electron chi connectivity index (χ2n) is 5.60. The van der Waals surface area contributed by atoms with Crippen molar-refractivity contribution in [3.05, 3.63) is 53.6 Å². The van der Waals surface area contributed by atoms with Gasteiger partial charge in [-0.05, 0) is 24.0 Å². The number of carbonyl (C=O) groups excluding carboxylic acids is 2. The van der Waals surface area contributed by atoms with Gasteiger partial charge < -0.3 is 0 Å². The molecule has 22 heavy (non-hydrogen) atoms. The third-order valence-electron chi connectivity index (χ3n) is 4.41. The quantitative estimate of drug-likeness (QED) is 0.633. The molecule has 0 radical (unpaired) electrons. The minimum absolute atomic E-state index is 0.240. The van der Waals surface area contributed by atoms with E-state index in [9.17, 15) is 9.59 Å². The van der Waals surface area contributed by atoms with Gasteiger partial charge in [0.25, 0.3) is 5.91 Å². The van der Waals surface area contributed by atoms with Gasteiger partial charge in [0.15, 0.2) is 4.87 Å². The van der Waals surface area contributed by atoms with E-state index >= 15 is 0 Å². The van der Waals surface area contributed by atoms with Crippen molar-refractivity contribution >= 4 is 29.1 Å². The molecule has 1 heterocycles.